The fraction of sp³-hybridized carbons (Fsp3) is 0.400. The van der Waals surface area contributed by atoms with Crippen LogP contribution in [0.1, 0.15) is 36.5 Å². The number of nitrogens with one attached hydrogen (secondary N) is 1. The highest BCUT2D eigenvalue weighted by molar-refractivity contribution is 5.96. The number of hydrogen-bond donors (Lipinski definition) is 4. The molecule has 0 bridgehead atoms. The number of benzene rings is 2. The molecule has 0 unspecified atom stereocenters. The molecular weight excluding hydrogens is 519 g/mol. The molecule has 1 heterocycles. The van der Waals surface area contributed by atoms with Crippen molar-refractivity contribution in [3.63, 3.8) is 0 Å². The number of fused-ring (bicyclic) bond motifs is 3. The van der Waals surface area contributed by atoms with Gasteiger partial charge >= 0.3 is 0 Å². The van der Waals surface area contributed by atoms with E-state index >= 15 is 0 Å². The van der Waals surface area contributed by atoms with Gasteiger partial charge in [-0.1, -0.05) is 17.7 Å². The largest absolute Gasteiger partial charge is 0.493 e. The first-order valence-corrected chi connectivity index (χ1v) is 13.2. The van der Waals surface area contributed by atoms with E-state index in [-0.39, 0.29) is 37.8 Å². The van der Waals surface area contributed by atoms with Gasteiger partial charge in [0.2, 0.25) is 11.8 Å². The van der Waals surface area contributed by atoms with Gasteiger partial charge in [-0.15, -0.1) is 0 Å². The van der Waals surface area contributed by atoms with Gasteiger partial charge in [0.1, 0.15) is 18.0 Å². The highest BCUT2D eigenvalue weighted by atomic mass is 19.1. The van der Waals surface area contributed by atoms with Crippen LogP contribution in [0.25, 0.3) is 0 Å². The Kier molecular flexibility index (Phi) is 9.24. The van der Waals surface area contributed by atoms with Crippen LogP contribution in [0.3, 0.4) is 0 Å². The van der Waals surface area contributed by atoms with E-state index in [0.29, 0.717) is 34.6 Å². The number of hydrogen-bond acceptors (Lipinski definition) is 7. The van der Waals surface area contributed by atoms with Crippen LogP contribution in [-0.2, 0) is 22.6 Å². The van der Waals surface area contributed by atoms with E-state index in [4.69, 9.17) is 9.47 Å². The Balaban J connectivity index is 1.79. The number of halogens is 1. The molecule has 214 valence electrons. The van der Waals surface area contributed by atoms with E-state index in [2.05, 4.69) is 5.32 Å². The van der Waals surface area contributed by atoms with Gasteiger partial charge < -0.3 is 35.0 Å². The summed E-state index contributed by atoms with van der Waals surface area (Å²) in [4.78, 5) is 28.3. The van der Waals surface area contributed by atoms with E-state index in [9.17, 15) is 29.3 Å². The Labute approximate surface area is 232 Å². The van der Waals surface area contributed by atoms with Gasteiger partial charge in [0.25, 0.3) is 0 Å². The topological polar surface area (TPSA) is 129 Å². The zero-order valence-corrected chi connectivity index (χ0v) is 22.8. The zero-order chi connectivity index (χ0) is 29.0. The van der Waals surface area contributed by atoms with E-state index in [1.54, 1.807) is 44.2 Å². The summed E-state index contributed by atoms with van der Waals surface area (Å²) in [5.41, 5.74) is 2.79. The summed E-state index contributed by atoms with van der Waals surface area (Å²) in [6.07, 6.45) is 1.14. The van der Waals surface area contributed by atoms with Gasteiger partial charge in [-0.3, -0.25) is 9.59 Å². The van der Waals surface area contributed by atoms with Gasteiger partial charge in [0.15, 0.2) is 11.5 Å². The Hall–Kier alpha value is -3.73. The number of ether oxygens (including phenoxy) is 2. The number of rotatable bonds is 10. The Morgan fingerprint density at radius 3 is 2.60 bits per heavy atom. The number of aliphatic hydroxyl groups is 3. The molecule has 0 saturated heterocycles. The molecule has 4 rings (SSSR count). The molecule has 0 fully saturated rings. The lowest BCUT2D eigenvalue weighted by Crippen LogP contribution is -2.56. The lowest BCUT2D eigenvalue weighted by atomic mass is 9.77. The standard InChI is InChI=1S/C30H35FN2O7/c1-17(2)11-25(36)33(9-7-18-5-4-6-20(31)12-18)23-15-22(30(38)32-8-10-34)26-21-13-19(16-35)14-24(39-3)28(21)40-29(26)27(23)37/h4-6,11-15,23,26-27,29,34-35,37H,7-10,16H2,1-3H3,(H,32,38)/t23-,26+,27+,29+/m1/s1. The second-order valence-corrected chi connectivity index (χ2v) is 10.2. The van der Waals surface area contributed by atoms with Crippen LogP contribution in [0.5, 0.6) is 11.5 Å². The van der Waals surface area contributed by atoms with Gasteiger partial charge in [-0.25, -0.2) is 4.39 Å². The average Bonchev–Trinajstić information content (AvgIpc) is 3.32. The minimum Gasteiger partial charge on any atom is -0.493 e. The third kappa shape index (κ3) is 6.04. The number of aliphatic hydroxyl groups excluding tert-OH is 3. The van der Waals surface area contributed by atoms with Gasteiger partial charge in [-0.05, 0) is 61.7 Å². The molecule has 1 aliphatic carbocycles. The quantitative estimate of drug-likeness (QED) is 0.331. The number of allylic oxidation sites excluding steroid dienone is 1. The third-order valence-corrected chi connectivity index (χ3v) is 7.08. The fourth-order valence-electron chi connectivity index (χ4n) is 5.30. The van der Waals surface area contributed by atoms with Crippen LogP contribution < -0.4 is 14.8 Å². The summed E-state index contributed by atoms with van der Waals surface area (Å²) in [5, 5.41) is 33.4. The van der Waals surface area contributed by atoms with E-state index in [0.717, 1.165) is 5.57 Å². The molecule has 40 heavy (non-hydrogen) atoms. The lowest BCUT2D eigenvalue weighted by molar-refractivity contribution is -0.132. The monoisotopic (exact) mass is 554 g/mol. The molecule has 1 aliphatic heterocycles. The van der Waals surface area contributed by atoms with Gasteiger partial charge in [0, 0.05) is 30.3 Å². The summed E-state index contributed by atoms with van der Waals surface area (Å²) in [5.74, 6) is -1.28. The molecule has 2 aromatic carbocycles. The third-order valence-electron chi connectivity index (χ3n) is 7.08. The molecule has 0 spiro atoms. The molecule has 4 atom stereocenters. The summed E-state index contributed by atoms with van der Waals surface area (Å²) in [6.45, 7) is 3.16. The second kappa shape index (κ2) is 12.6. The summed E-state index contributed by atoms with van der Waals surface area (Å²) >= 11 is 0. The van der Waals surface area contributed by atoms with Crippen molar-refractivity contribution in [3.05, 3.63) is 82.2 Å². The number of nitrogens with zero attached hydrogens (tertiary/aromatic N) is 1. The zero-order valence-electron chi connectivity index (χ0n) is 22.8. The molecule has 0 saturated carbocycles. The maximum Gasteiger partial charge on any atom is 0.247 e. The molecule has 0 aromatic heterocycles. The predicted molar refractivity (Wildman–Crippen MR) is 145 cm³/mol. The van der Waals surface area contributed by atoms with E-state index in [1.165, 1.54) is 30.2 Å². The fourth-order valence-corrected chi connectivity index (χ4v) is 5.30. The van der Waals surface area contributed by atoms with Crippen molar-refractivity contribution in [1.82, 2.24) is 10.2 Å². The first kappa shape index (κ1) is 29.3. The Morgan fingerprint density at radius 1 is 1.18 bits per heavy atom. The smallest absolute Gasteiger partial charge is 0.247 e. The second-order valence-electron chi connectivity index (χ2n) is 10.2. The van der Waals surface area contributed by atoms with Crippen molar-refractivity contribution >= 4 is 11.8 Å². The average molecular weight is 555 g/mol. The van der Waals surface area contributed by atoms with Crippen molar-refractivity contribution in [3.8, 4) is 11.5 Å². The highest BCUT2D eigenvalue weighted by Gasteiger charge is 2.51. The van der Waals surface area contributed by atoms with E-state index < -0.39 is 35.9 Å². The minimum absolute atomic E-state index is 0.00841. The molecule has 4 N–H and O–H groups in total. The van der Waals surface area contributed by atoms with Crippen LogP contribution in [-0.4, -0.2) is 77.1 Å². The van der Waals surface area contributed by atoms with Crippen LogP contribution in [0.2, 0.25) is 0 Å². The molecule has 10 heteroatoms. The van der Waals surface area contributed by atoms with Crippen LogP contribution >= 0.6 is 0 Å². The first-order chi connectivity index (χ1) is 19.2. The summed E-state index contributed by atoms with van der Waals surface area (Å²) in [6, 6.07) is 8.45. The van der Waals surface area contributed by atoms with E-state index in [1.807, 2.05) is 0 Å². The lowest BCUT2D eigenvalue weighted by Gasteiger charge is -2.40. The number of methoxy groups -OCH3 is 1. The SMILES string of the molecule is COc1cc(CO)cc2c1O[C@@H]1[C@@H](O)[C@H](N(CCc3cccc(F)c3)C(=O)C=C(C)C)C=C(C(=O)NCCO)[C@H]21. The van der Waals surface area contributed by atoms with Crippen molar-refractivity contribution in [2.24, 2.45) is 0 Å². The normalized spacial score (nSPS) is 20.9. The predicted octanol–water partition coefficient (Wildman–Crippen LogP) is 1.99. The Bertz CT molecular complexity index is 1320. The van der Waals surface area contributed by atoms with Gasteiger partial charge in [0.05, 0.1) is 32.3 Å². The number of amides is 2. The number of carbonyl (C=O) groups is 2. The summed E-state index contributed by atoms with van der Waals surface area (Å²) in [7, 11) is 1.46. The minimum atomic E-state index is -1.24. The Morgan fingerprint density at radius 2 is 1.95 bits per heavy atom. The molecule has 2 aromatic rings. The van der Waals surface area contributed by atoms with Crippen molar-refractivity contribution in [2.45, 2.75) is 51.0 Å². The maximum atomic E-state index is 13.8. The molecule has 0 radical (unpaired) electrons. The molecule has 2 amide bonds. The van der Waals surface area contributed by atoms with Gasteiger partial charge in [-0.2, -0.15) is 0 Å². The number of carbonyl (C=O) groups excluding carboxylic acids is 2. The van der Waals surface area contributed by atoms with Crippen LogP contribution in [0.4, 0.5) is 4.39 Å². The van der Waals surface area contributed by atoms with Crippen LogP contribution in [0.15, 0.2) is 59.7 Å². The maximum absolute atomic E-state index is 13.8. The van der Waals surface area contributed by atoms with Crippen molar-refractivity contribution < 1.29 is 38.8 Å². The molecular formula is C30H35FN2O7. The van der Waals surface area contributed by atoms with Crippen LogP contribution in [0, 0.1) is 5.82 Å². The highest BCUT2D eigenvalue weighted by Crippen LogP contribution is 2.51. The molecule has 9 nitrogen and oxygen atoms in total. The van der Waals surface area contributed by atoms with Crippen molar-refractivity contribution in [2.75, 3.05) is 26.8 Å². The summed E-state index contributed by atoms with van der Waals surface area (Å²) < 4.78 is 25.5. The first-order valence-electron chi connectivity index (χ1n) is 13.2. The van der Waals surface area contributed by atoms with Crippen molar-refractivity contribution in [1.29, 1.82) is 0 Å². The molecule has 2 aliphatic rings.